The van der Waals surface area contributed by atoms with Gasteiger partial charge in [0.2, 0.25) is 5.75 Å². The molecule has 4 aromatic rings. The molecule has 0 radical (unpaired) electrons. The topological polar surface area (TPSA) is 153 Å². The molecular formula is C49H65NO13Si. The number of rotatable bonds is 28. The molecule has 0 aliphatic carbocycles. The molecule has 0 saturated carbocycles. The zero-order valence-corrected chi connectivity index (χ0v) is 39.8. The van der Waals surface area contributed by atoms with Crippen molar-refractivity contribution in [2.75, 3.05) is 69.3 Å². The summed E-state index contributed by atoms with van der Waals surface area (Å²) in [6.07, 6.45) is 1.42. The third kappa shape index (κ3) is 13.5. The largest absolute Gasteiger partial charge is 0.497 e. The zero-order chi connectivity index (χ0) is 46.7. The monoisotopic (exact) mass is 903 g/mol. The Labute approximate surface area is 378 Å². The van der Waals surface area contributed by atoms with Crippen molar-refractivity contribution < 1.29 is 56.8 Å². The van der Waals surface area contributed by atoms with Gasteiger partial charge in [-0.1, -0.05) is 100 Å². The van der Waals surface area contributed by atoms with E-state index < -0.39 is 31.6 Å². The van der Waals surface area contributed by atoms with Gasteiger partial charge in [0, 0.05) is 19.8 Å². The van der Waals surface area contributed by atoms with Crippen LogP contribution < -0.4 is 29.3 Å². The summed E-state index contributed by atoms with van der Waals surface area (Å²) in [5.41, 5.74) is 1.08. The standard InChI is InChI=1S/C49H65NO13Si/c1-35(29-40-47(58-9)41(50(52)53)31-45(57-8)48(40)59-10)30-44(56-7)43(62-34-60-28-27-54-5)26-25-42(51)46(61-32-36-21-23-37(55-6)24-22-36)33-63-64(49(2,3)4,38-17-13-11-14-18-38)39-19-15-12-16-20-39/h11-26,31,35,43-44,46H,27-30,32-34H2,1-10H3/b26-25+/t35-,43-,44+,46-/m1/s1. The Hall–Kier alpha value is -5.13. The predicted molar refractivity (Wildman–Crippen MR) is 248 cm³/mol. The predicted octanol–water partition coefficient (Wildman–Crippen LogP) is 7.51. The van der Waals surface area contributed by atoms with E-state index in [0.717, 1.165) is 15.9 Å². The molecule has 348 valence electrons. The Morgan fingerprint density at radius 2 is 1.42 bits per heavy atom. The third-order valence-corrected chi connectivity index (χ3v) is 16.0. The van der Waals surface area contributed by atoms with E-state index in [1.807, 2.05) is 67.6 Å². The van der Waals surface area contributed by atoms with Crippen molar-refractivity contribution in [1.82, 2.24) is 0 Å². The Balaban J connectivity index is 1.70. The highest BCUT2D eigenvalue weighted by Crippen LogP contribution is 2.45. The van der Waals surface area contributed by atoms with E-state index in [4.69, 9.17) is 47.1 Å². The fourth-order valence-corrected chi connectivity index (χ4v) is 12.3. The van der Waals surface area contributed by atoms with E-state index in [0.29, 0.717) is 36.5 Å². The van der Waals surface area contributed by atoms with Crippen LogP contribution in [-0.4, -0.2) is 107 Å². The molecule has 4 atom stereocenters. The van der Waals surface area contributed by atoms with Gasteiger partial charge in [-0.3, -0.25) is 14.9 Å². The van der Waals surface area contributed by atoms with Crippen LogP contribution in [0, 0.1) is 16.0 Å². The second-order valence-electron chi connectivity index (χ2n) is 16.3. The number of ether oxygens (including phenoxy) is 9. The zero-order valence-electron chi connectivity index (χ0n) is 38.8. The molecule has 0 spiro atoms. The molecule has 0 fully saturated rings. The normalized spacial score (nSPS) is 13.8. The number of benzene rings is 4. The highest BCUT2D eigenvalue weighted by molar-refractivity contribution is 6.99. The molecule has 4 aromatic carbocycles. The van der Waals surface area contributed by atoms with Gasteiger partial charge in [-0.25, -0.2) is 0 Å². The molecule has 14 nitrogen and oxygen atoms in total. The molecule has 4 rings (SSSR count). The van der Waals surface area contributed by atoms with Crippen molar-refractivity contribution in [1.29, 1.82) is 0 Å². The fraction of sp³-hybridized carbons (Fsp3) is 0.449. The molecule has 0 unspecified atom stereocenters. The summed E-state index contributed by atoms with van der Waals surface area (Å²) in [4.78, 5) is 26.1. The molecular weight excluding hydrogens is 839 g/mol. The SMILES string of the molecule is COCCOCO[C@H](/C=C/C(=O)[C@@H](CO[Si](c1ccccc1)(c1ccccc1)C(C)(C)C)OCc1ccc(OC)cc1)[C@H](C[C@H](C)Cc1c(OC)c(OC)cc([N+](=O)[O-])c1OC)OC. The third-order valence-electron chi connectivity index (χ3n) is 11.0. The van der Waals surface area contributed by atoms with Crippen LogP contribution in [0.25, 0.3) is 0 Å². The molecule has 0 aliphatic rings. The van der Waals surface area contributed by atoms with Crippen LogP contribution in [0.1, 0.15) is 45.2 Å². The van der Waals surface area contributed by atoms with Crippen LogP contribution >= 0.6 is 0 Å². The minimum atomic E-state index is -3.06. The maximum absolute atomic E-state index is 14.6. The van der Waals surface area contributed by atoms with Crippen molar-refractivity contribution in [2.45, 2.75) is 70.5 Å². The Kier molecular flexibility index (Phi) is 20.4. The number of nitro groups is 1. The van der Waals surface area contributed by atoms with Gasteiger partial charge in [-0.15, -0.1) is 0 Å². The van der Waals surface area contributed by atoms with Crippen molar-refractivity contribution in [3.8, 4) is 23.0 Å². The summed E-state index contributed by atoms with van der Waals surface area (Å²) < 4.78 is 58.9. The maximum Gasteiger partial charge on any atom is 0.315 e. The summed E-state index contributed by atoms with van der Waals surface area (Å²) in [6.45, 7) is 9.16. The first-order valence-corrected chi connectivity index (χ1v) is 23.1. The second-order valence-corrected chi connectivity index (χ2v) is 20.6. The van der Waals surface area contributed by atoms with E-state index in [2.05, 4.69) is 45.0 Å². The Morgan fingerprint density at radius 1 is 0.797 bits per heavy atom. The number of nitro benzene ring substituents is 1. The van der Waals surface area contributed by atoms with Crippen LogP contribution in [0.2, 0.25) is 5.04 Å². The van der Waals surface area contributed by atoms with Gasteiger partial charge in [0.25, 0.3) is 8.32 Å². The highest BCUT2D eigenvalue weighted by Gasteiger charge is 2.50. The number of nitrogens with zero attached hydrogens (tertiary/aromatic N) is 1. The van der Waals surface area contributed by atoms with Gasteiger partial charge in [0.05, 0.1) is 72.0 Å². The van der Waals surface area contributed by atoms with Crippen LogP contribution in [0.15, 0.2) is 103 Å². The number of hydrogen-bond acceptors (Lipinski definition) is 13. The molecule has 0 aromatic heterocycles. The van der Waals surface area contributed by atoms with E-state index in [9.17, 15) is 14.9 Å². The molecule has 0 saturated heterocycles. The van der Waals surface area contributed by atoms with Gasteiger partial charge < -0.3 is 47.1 Å². The van der Waals surface area contributed by atoms with E-state index in [1.165, 1.54) is 33.5 Å². The van der Waals surface area contributed by atoms with Gasteiger partial charge in [0.1, 0.15) is 24.8 Å². The van der Waals surface area contributed by atoms with Crippen LogP contribution in [0.5, 0.6) is 23.0 Å². The minimum absolute atomic E-state index is 0.0284. The van der Waals surface area contributed by atoms with Gasteiger partial charge >= 0.3 is 5.69 Å². The minimum Gasteiger partial charge on any atom is -0.497 e. The maximum atomic E-state index is 14.6. The van der Waals surface area contributed by atoms with Crippen molar-refractivity contribution >= 4 is 30.2 Å². The fourth-order valence-electron chi connectivity index (χ4n) is 7.78. The van der Waals surface area contributed by atoms with Gasteiger partial charge in [0.15, 0.2) is 17.3 Å². The molecule has 0 heterocycles. The average Bonchev–Trinajstić information content (AvgIpc) is 3.30. The number of ketones is 1. The average molecular weight is 904 g/mol. The lowest BCUT2D eigenvalue weighted by Gasteiger charge is -2.43. The number of methoxy groups -OCH3 is 6. The summed E-state index contributed by atoms with van der Waals surface area (Å²) in [5, 5.41) is 13.9. The molecule has 64 heavy (non-hydrogen) atoms. The summed E-state index contributed by atoms with van der Waals surface area (Å²) >= 11 is 0. The first kappa shape index (κ1) is 51.5. The quantitative estimate of drug-likeness (QED) is 0.0138. The van der Waals surface area contributed by atoms with Crippen LogP contribution in [0.4, 0.5) is 5.69 Å². The highest BCUT2D eigenvalue weighted by atomic mass is 28.4. The number of hydrogen-bond donors (Lipinski definition) is 0. The molecule has 0 amide bonds. The summed E-state index contributed by atoms with van der Waals surface area (Å²) in [5.74, 6) is 0.812. The molecule has 0 aliphatic heterocycles. The van der Waals surface area contributed by atoms with E-state index in [1.54, 1.807) is 27.4 Å². The van der Waals surface area contributed by atoms with E-state index in [-0.39, 0.29) is 60.5 Å². The van der Waals surface area contributed by atoms with Crippen molar-refractivity contribution in [2.24, 2.45) is 5.92 Å². The first-order chi connectivity index (χ1) is 30.8. The lowest BCUT2D eigenvalue weighted by molar-refractivity contribution is -0.385. The van der Waals surface area contributed by atoms with Crippen LogP contribution in [-0.2, 0) is 45.9 Å². The van der Waals surface area contributed by atoms with Crippen molar-refractivity contribution in [3.63, 3.8) is 0 Å². The van der Waals surface area contributed by atoms with Crippen molar-refractivity contribution in [3.05, 3.63) is 124 Å². The smallest absolute Gasteiger partial charge is 0.315 e. The Bertz CT molecular complexity index is 2020. The second kappa shape index (κ2) is 25.4. The summed E-state index contributed by atoms with van der Waals surface area (Å²) in [7, 11) is 5.95. The number of carbonyl (C=O) groups is 1. The lowest BCUT2D eigenvalue weighted by Crippen LogP contribution is -2.67. The van der Waals surface area contributed by atoms with Gasteiger partial charge in [-0.05, 0) is 64.0 Å². The van der Waals surface area contributed by atoms with Gasteiger partial charge in [-0.2, -0.15) is 0 Å². The molecule has 0 bridgehead atoms. The van der Waals surface area contributed by atoms with E-state index >= 15 is 0 Å². The lowest BCUT2D eigenvalue weighted by atomic mass is 9.91. The number of carbonyl (C=O) groups excluding carboxylic acids is 1. The molecule has 0 N–H and O–H groups in total. The van der Waals surface area contributed by atoms with Crippen LogP contribution in [0.3, 0.4) is 0 Å². The first-order valence-electron chi connectivity index (χ1n) is 21.2. The molecule has 15 heteroatoms. The Morgan fingerprint density at radius 3 is 1.94 bits per heavy atom. The summed E-state index contributed by atoms with van der Waals surface area (Å²) in [6, 6.07) is 29.2.